The van der Waals surface area contributed by atoms with E-state index in [0.717, 1.165) is 24.5 Å². The van der Waals surface area contributed by atoms with Gasteiger partial charge in [-0.1, -0.05) is 19.1 Å². The molecule has 0 spiro atoms. The molecule has 3 nitrogen and oxygen atoms in total. The molecule has 2 aromatic rings. The second kappa shape index (κ2) is 4.94. The summed E-state index contributed by atoms with van der Waals surface area (Å²) in [5, 5.41) is 7.78. The van der Waals surface area contributed by atoms with Gasteiger partial charge in [0.05, 0.1) is 11.4 Å². The Hall–Kier alpha value is -1.61. The molecule has 3 heteroatoms. The molecular weight excluding hydrogens is 198 g/mol. The molecule has 0 fully saturated rings. The van der Waals surface area contributed by atoms with Gasteiger partial charge in [0, 0.05) is 12.7 Å². The molecule has 0 bridgehead atoms. The van der Waals surface area contributed by atoms with Gasteiger partial charge >= 0.3 is 0 Å². The maximum absolute atomic E-state index is 4.51. The van der Waals surface area contributed by atoms with Crippen LogP contribution in [0.15, 0.2) is 36.5 Å². The number of hydrogen-bond donors (Lipinski definition) is 1. The highest BCUT2D eigenvalue weighted by molar-refractivity contribution is 5.34. The molecule has 2 rings (SSSR count). The number of nitrogens with one attached hydrogen (secondary N) is 1. The van der Waals surface area contributed by atoms with E-state index in [2.05, 4.69) is 48.5 Å². The first kappa shape index (κ1) is 10.9. The standard InChI is InChI=1S/C13H17N3/c1-3-14-10-12-7-8-16(15-12)13-6-4-5-11(2)9-13/h4-9,14H,3,10H2,1-2H3. The summed E-state index contributed by atoms with van der Waals surface area (Å²) in [6.45, 7) is 5.98. The quantitative estimate of drug-likeness (QED) is 0.848. The lowest BCUT2D eigenvalue weighted by atomic mass is 10.2. The largest absolute Gasteiger partial charge is 0.311 e. The van der Waals surface area contributed by atoms with E-state index in [1.54, 1.807) is 0 Å². The molecule has 0 amide bonds. The van der Waals surface area contributed by atoms with E-state index >= 15 is 0 Å². The van der Waals surface area contributed by atoms with Gasteiger partial charge in [-0.2, -0.15) is 5.10 Å². The van der Waals surface area contributed by atoms with Crippen molar-refractivity contribution < 1.29 is 0 Å². The lowest BCUT2D eigenvalue weighted by molar-refractivity contribution is 0.696. The average molecular weight is 215 g/mol. The minimum absolute atomic E-state index is 0.829. The molecule has 0 radical (unpaired) electrons. The van der Waals surface area contributed by atoms with Crippen LogP contribution in [-0.2, 0) is 6.54 Å². The van der Waals surface area contributed by atoms with Crippen LogP contribution in [0, 0.1) is 6.92 Å². The highest BCUT2D eigenvalue weighted by atomic mass is 15.3. The Morgan fingerprint density at radius 3 is 2.94 bits per heavy atom. The summed E-state index contributed by atoms with van der Waals surface area (Å²) in [7, 11) is 0. The molecule has 0 atom stereocenters. The molecular formula is C13H17N3. The third kappa shape index (κ3) is 2.49. The van der Waals surface area contributed by atoms with Crippen molar-refractivity contribution in [1.82, 2.24) is 15.1 Å². The molecule has 84 valence electrons. The number of aromatic nitrogens is 2. The summed E-state index contributed by atoms with van der Waals surface area (Å²) < 4.78 is 1.92. The number of rotatable bonds is 4. The number of aryl methyl sites for hydroxylation is 1. The van der Waals surface area contributed by atoms with Gasteiger partial charge in [0.25, 0.3) is 0 Å². The smallest absolute Gasteiger partial charge is 0.0766 e. The molecule has 0 aliphatic rings. The van der Waals surface area contributed by atoms with Crippen LogP contribution in [0.5, 0.6) is 0 Å². The predicted molar refractivity (Wildman–Crippen MR) is 65.7 cm³/mol. The molecule has 1 aromatic carbocycles. The molecule has 16 heavy (non-hydrogen) atoms. The Kier molecular flexibility index (Phi) is 3.37. The molecule has 1 aromatic heterocycles. The summed E-state index contributed by atoms with van der Waals surface area (Å²) in [5.41, 5.74) is 3.44. The van der Waals surface area contributed by atoms with Crippen LogP contribution in [0.1, 0.15) is 18.2 Å². The van der Waals surface area contributed by atoms with Gasteiger partial charge in [-0.05, 0) is 37.2 Å². The number of benzene rings is 1. The van der Waals surface area contributed by atoms with Crippen LogP contribution >= 0.6 is 0 Å². The van der Waals surface area contributed by atoms with E-state index < -0.39 is 0 Å². The maximum atomic E-state index is 4.51. The van der Waals surface area contributed by atoms with Gasteiger partial charge < -0.3 is 5.32 Å². The van der Waals surface area contributed by atoms with Crippen LogP contribution in [0.25, 0.3) is 5.69 Å². The molecule has 1 N–H and O–H groups in total. The second-order valence-electron chi connectivity index (χ2n) is 3.87. The van der Waals surface area contributed by atoms with E-state index in [9.17, 15) is 0 Å². The van der Waals surface area contributed by atoms with E-state index in [4.69, 9.17) is 0 Å². The van der Waals surface area contributed by atoms with Crippen molar-refractivity contribution in [3.63, 3.8) is 0 Å². The van der Waals surface area contributed by atoms with Gasteiger partial charge in [0.2, 0.25) is 0 Å². The molecule has 1 heterocycles. The van der Waals surface area contributed by atoms with Crippen LogP contribution in [0.3, 0.4) is 0 Å². The Labute approximate surface area is 96.1 Å². The van der Waals surface area contributed by atoms with Crippen molar-refractivity contribution in [3.05, 3.63) is 47.8 Å². The van der Waals surface area contributed by atoms with Gasteiger partial charge in [0.1, 0.15) is 0 Å². The maximum Gasteiger partial charge on any atom is 0.0766 e. The molecule has 0 saturated heterocycles. The topological polar surface area (TPSA) is 29.9 Å². The fraction of sp³-hybridized carbons (Fsp3) is 0.308. The summed E-state index contributed by atoms with van der Waals surface area (Å²) in [5.74, 6) is 0. The summed E-state index contributed by atoms with van der Waals surface area (Å²) in [6, 6.07) is 10.4. The monoisotopic (exact) mass is 215 g/mol. The Bertz CT molecular complexity index is 460. The highest BCUT2D eigenvalue weighted by Crippen LogP contribution is 2.09. The number of hydrogen-bond acceptors (Lipinski definition) is 2. The van der Waals surface area contributed by atoms with Crippen molar-refractivity contribution >= 4 is 0 Å². The summed E-state index contributed by atoms with van der Waals surface area (Å²) in [4.78, 5) is 0. The Morgan fingerprint density at radius 1 is 1.31 bits per heavy atom. The predicted octanol–water partition coefficient (Wildman–Crippen LogP) is 2.29. The average Bonchev–Trinajstić information content (AvgIpc) is 2.75. The minimum atomic E-state index is 0.829. The SMILES string of the molecule is CCNCc1ccn(-c2cccc(C)c2)n1. The molecule has 0 unspecified atom stereocenters. The third-order valence-corrected chi connectivity index (χ3v) is 2.47. The lowest BCUT2D eigenvalue weighted by Gasteiger charge is -2.02. The van der Waals surface area contributed by atoms with Crippen LogP contribution < -0.4 is 5.32 Å². The highest BCUT2D eigenvalue weighted by Gasteiger charge is 2.00. The van der Waals surface area contributed by atoms with Crippen molar-refractivity contribution in [2.45, 2.75) is 20.4 Å². The zero-order chi connectivity index (χ0) is 11.4. The van der Waals surface area contributed by atoms with E-state index in [1.807, 2.05) is 16.9 Å². The summed E-state index contributed by atoms with van der Waals surface area (Å²) >= 11 is 0. The molecule has 0 aliphatic carbocycles. The second-order valence-corrected chi connectivity index (χ2v) is 3.87. The van der Waals surface area contributed by atoms with Crippen LogP contribution in [-0.4, -0.2) is 16.3 Å². The number of nitrogens with zero attached hydrogens (tertiary/aromatic N) is 2. The van der Waals surface area contributed by atoms with Crippen molar-refractivity contribution in [2.24, 2.45) is 0 Å². The zero-order valence-corrected chi connectivity index (χ0v) is 9.77. The third-order valence-electron chi connectivity index (χ3n) is 2.47. The van der Waals surface area contributed by atoms with E-state index in [-0.39, 0.29) is 0 Å². The summed E-state index contributed by atoms with van der Waals surface area (Å²) in [6.07, 6.45) is 2.00. The van der Waals surface area contributed by atoms with Gasteiger partial charge in [-0.3, -0.25) is 0 Å². The van der Waals surface area contributed by atoms with Crippen LogP contribution in [0.4, 0.5) is 0 Å². The fourth-order valence-electron chi connectivity index (χ4n) is 1.62. The van der Waals surface area contributed by atoms with Crippen molar-refractivity contribution in [1.29, 1.82) is 0 Å². The zero-order valence-electron chi connectivity index (χ0n) is 9.77. The first-order valence-electron chi connectivity index (χ1n) is 5.62. The first-order chi connectivity index (χ1) is 7.79. The van der Waals surface area contributed by atoms with Crippen LogP contribution in [0.2, 0.25) is 0 Å². The lowest BCUT2D eigenvalue weighted by Crippen LogP contribution is -2.12. The van der Waals surface area contributed by atoms with E-state index in [1.165, 1.54) is 5.56 Å². The van der Waals surface area contributed by atoms with E-state index in [0.29, 0.717) is 0 Å². The first-order valence-corrected chi connectivity index (χ1v) is 5.62. The van der Waals surface area contributed by atoms with Crippen molar-refractivity contribution in [3.8, 4) is 5.69 Å². The minimum Gasteiger partial charge on any atom is -0.311 e. The molecule has 0 saturated carbocycles. The normalized spacial score (nSPS) is 10.6. The Morgan fingerprint density at radius 2 is 2.19 bits per heavy atom. The Balaban J connectivity index is 2.18. The molecule has 0 aliphatic heterocycles. The van der Waals surface area contributed by atoms with Gasteiger partial charge in [0.15, 0.2) is 0 Å². The van der Waals surface area contributed by atoms with Gasteiger partial charge in [-0.25, -0.2) is 4.68 Å². The fourth-order valence-corrected chi connectivity index (χ4v) is 1.62. The van der Waals surface area contributed by atoms with Gasteiger partial charge in [-0.15, -0.1) is 0 Å². The van der Waals surface area contributed by atoms with Crippen molar-refractivity contribution in [2.75, 3.05) is 6.54 Å².